The highest BCUT2D eigenvalue weighted by molar-refractivity contribution is 7.89. The Labute approximate surface area is 180 Å². The van der Waals surface area contributed by atoms with Crippen molar-refractivity contribution in [3.05, 3.63) is 41.5 Å². The number of sulfonamides is 1. The average Bonchev–Trinajstić information content (AvgIpc) is 3.14. The van der Waals surface area contributed by atoms with Gasteiger partial charge in [-0.3, -0.25) is 4.79 Å². The van der Waals surface area contributed by atoms with E-state index < -0.39 is 21.5 Å². The molecule has 8 nitrogen and oxygen atoms in total. The number of aromatic nitrogens is 1. The number of anilines is 1. The molecule has 1 aromatic heterocycles. The zero-order chi connectivity index (χ0) is 21.0. The van der Waals surface area contributed by atoms with Crippen molar-refractivity contribution in [3.8, 4) is 5.75 Å². The Morgan fingerprint density at radius 2 is 2.13 bits per heavy atom. The molecule has 0 unspecified atom stereocenters. The molecule has 30 heavy (non-hydrogen) atoms. The summed E-state index contributed by atoms with van der Waals surface area (Å²) in [7, 11) is -2.32. The Hall–Kier alpha value is -2.14. The summed E-state index contributed by atoms with van der Waals surface area (Å²) in [4.78, 5) is 12.9. The first kappa shape index (κ1) is 22.5. The van der Waals surface area contributed by atoms with E-state index in [1.54, 1.807) is 14.0 Å². The standard InChI is InChI=1S/C19H23FN4O4S.ClH/c1-11-6-13(4-5-14(11)20)22-18(25)16-17-15(8-24(16)3)29(26,27)23-19(2)10-21-7-12(19)9-28-17;/h4-6,8,12,21,23H,7,9-10H2,1-3H3,(H,22,25);1H/t12-,19-;/m0./s1. The second-order valence-corrected chi connectivity index (χ2v) is 9.51. The molecule has 2 aliphatic heterocycles. The van der Waals surface area contributed by atoms with Crippen LogP contribution in [0.2, 0.25) is 0 Å². The van der Waals surface area contributed by atoms with Gasteiger partial charge >= 0.3 is 0 Å². The van der Waals surface area contributed by atoms with Gasteiger partial charge in [0.05, 0.1) is 6.61 Å². The normalized spacial score (nSPS) is 24.5. The number of benzene rings is 1. The Bertz CT molecular complexity index is 1100. The smallest absolute Gasteiger partial charge is 0.276 e. The molecule has 1 fully saturated rings. The quantitative estimate of drug-likeness (QED) is 0.637. The minimum absolute atomic E-state index is 0. The lowest BCUT2D eigenvalue weighted by Gasteiger charge is -2.33. The van der Waals surface area contributed by atoms with Crippen molar-refractivity contribution >= 4 is 34.0 Å². The van der Waals surface area contributed by atoms with E-state index in [0.717, 1.165) is 0 Å². The van der Waals surface area contributed by atoms with Crippen LogP contribution in [-0.4, -0.2) is 44.1 Å². The van der Waals surface area contributed by atoms with Gasteiger partial charge in [-0.1, -0.05) is 0 Å². The van der Waals surface area contributed by atoms with E-state index in [2.05, 4.69) is 15.4 Å². The van der Waals surface area contributed by atoms with Crippen LogP contribution in [-0.2, 0) is 17.1 Å². The third-order valence-electron chi connectivity index (χ3n) is 5.60. The number of nitrogens with zero attached hydrogens (tertiary/aromatic N) is 1. The predicted molar refractivity (Wildman–Crippen MR) is 112 cm³/mol. The molecule has 3 heterocycles. The Morgan fingerprint density at radius 1 is 1.40 bits per heavy atom. The van der Waals surface area contributed by atoms with Crippen LogP contribution < -0.4 is 20.1 Å². The van der Waals surface area contributed by atoms with Crippen molar-refractivity contribution in [1.82, 2.24) is 14.6 Å². The second kappa shape index (κ2) is 7.84. The minimum atomic E-state index is -3.90. The fourth-order valence-corrected chi connectivity index (χ4v) is 5.53. The van der Waals surface area contributed by atoms with Gasteiger partial charge in [0, 0.05) is 43.5 Å². The number of carbonyl (C=O) groups is 1. The van der Waals surface area contributed by atoms with E-state index in [1.807, 2.05) is 6.92 Å². The molecular weight excluding hydrogens is 435 g/mol. The van der Waals surface area contributed by atoms with E-state index in [-0.39, 0.29) is 47.1 Å². The van der Waals surface area contributed by atoms with Gasteiger partial charge in [-0.05, 0) is 37.6 Å². The van der Waals surface area contributed by atoms with Gasteiger partial charge < -0.3 is 19.9 Å². The molecule has 164 valence electrons. The molecular formula is C19H24ClFN4O4S. The van der Waals surface area contributed by atoms with E-state index in [9.17, 15) is 17.6 Å². The Kier molecular flexibility index (Phi) is 5.89. The molecule has 1 aromatic carbocycles. The number of hydrogen-bond donors (Lipinski definition) is 3. The largest absolute Gasteiger partial charge is 0.489 e. The maximum Gasteiger partial charge on any atom is 0.276 e. The van der Waals surface area contributed by atoms with Crippen LogP contribution in [0.25, 0.3) is 0 Å². The third-order valence-corrected chi connectivity index (χ3v) is 7.21. The summed E-state index contributed by atoms with van der Waals surface area (Å²) in [5.74, 6) is -0.977. The van der Waals surface area contributed by atoms with Crippen molar-refractivity contribution < 1.29 is 22.3 Å². The summed E-state index contributed by atoms with van der Waals surface area (Å²) in [5.41, 5.74) is 0.214. The van der Waals surface area contributed by atoms with Crippen molar-refractivity contribution in [1.29, 1.82) is 0 Å². The van der Waals surface area contributed by atoms with Crippen LogP contribution in [0.1, 0.15) is 23.0 Å². The summed E-state index contributed by atoms with van der Waals surface area (Å²) in [6, 6.07) is 4.22. The number of rotatable bonds is 2. The van der Waals surface area contributed by atoms with Gasteiger partial charge in [0.15, 0.2) is 11.4 Å². The van der Waals surface area contributed by atoms with Crippen molar-refractivity contribution in [2.24, 2.45) is 13.0 Å². The molecule has 2 aromatic rings. The van der Waals surface area contributed by atoms with Crippen LogP contribution in [0.4, 0.5) is 10.1 Å². The Balaban J connectivity index is 0.00000256. The predicted octanol–water partition coefficient (Wildman–Crippen LogP) is 1.80. The highest BCUT2D eigenvalue weighted by Gasteiger charge is 2.46. The zero-order valence-electron chi connectivity index (χ0n) is 16.8. The highest BCUT2D eigenvalue weighted by atomic mass is 35.5. The molecule has 4 rings (SSSR count). The van der Waals surface area contributed by atoms with Crippen LogP contribution in [0.3, 0.4) is 0 Å². The number of nitrogens with one attached hydrogen (secondary N) is 3. The maximum absolute atomic E-state index is 13.5. The number of hydrogen-bond acceptors (Lipinski definition) is 5. The monoisotopic (exact) mass is 458 g/mol. The molecule has 0 radical (unpaired) electrons. The summed E-state index contributed by atoms with van der Waals surface area (Å²) in [6.45, 7) is 4.81. The SMILES string of the molecule is Cc1cc(NC(=O)c2c3c(cn2C)S(=O)(=O)N[C@@]2(C)CNC[C@H]2CO3)ccc1F.Cl. The average molecular weight is 459 g/mol. The topological polar surface area (TPSA) is 101 Å². The van der Waals surface area contributed by atoms with E-state index in [0.29, 0.717) is 24.3 Å². The number of halogens is 2. The fourth-order valence-electron chi connectivity index (χ4n) is 3.87. The summed E-state index contributed by atoms with van der Waals surface area (Å²) < 4.78 is 49.6. The van der Waals surface area contributed by atoms with E-state index in [1.165, 1.54) is 29.0 Å². The van der Waals surface area contributed by atoms with Gasteiger partial charge in [-0.15, -0.1) is 12.4 Å². The van der Waals surface area contributed by atoms with Crippen LogP contribution >= 0.6 is 12.4 Å². The van der Waals surface area contributed by atoms with Crippen LogP contribution in [0.5, 0.6) is 5.75 Å². The zero-order valence-corrected chi connectivity index (χ0v) is 18.4. The number of ether oxygens (including phenoxy) is 1. The van der Waals surface area contributed by atoms with Gasteiger partial charge in [0.2, 0.25) is 10.0 Å². The molecule has 0 spiro atoms. The van der Waals surface area contributed by atoms with Crippen LogP contribution in [0.15, 0.2) is 29.3 Å². The molecule has 0 saturated carbocycles. The molecule has 1 saturated heterocycles. The van der Waals surface area contributed by atoms with E-state index >= 15 is 0 Å². The third kappa shape index (κ3) is 3.80. The van der Waals surface area contributed by atoms with Crippen molar-refractivity contribution in [3.63, 3.8) is 0 Å². The second-order valence-electron chi connectivity index (χ2n) is 7.86. The number of amides is 1. The minimum Gasteiger partial charge on any atom is -0.489 e. The van der Waals surface area contributed by atoms with E-state index in [4.69, 9.17) is 4.74 Å². The molecule has 0 aliphatic carbocycles. The molecule has 3 N–H and O–H groups in total. The highest BCUT2D eigenvalue weighted by Crippen LogP contribution is 2.36. The van der Waals surface area contributed by atoms with Crippen LogP contribution in [0, 0.1) is 18.7 Å². The number of carbonyl (C=O) groups excluding carboxylic acids is 1. The maximum atomic E-state index is 13.5. The fraction of sp³-hybridized carbons (Fsp3) is 0.421. The molecule has 2 atom stereocenters. The van der Waals surface area contributed by atoms with Gasteiger partial charge in [-0.2, -0.15) is 0 Å². The first-order valence-corrected chi connectivity index (χ1v) is 10.7. The van der Waals surface area contributed by atoms with Gasteiger partial charge in [-0.25, -0.2) is 17.5 Å². The van der Waals surface area contributed by atoms with Crippen molar-refractivity contribution in [2.45, 2.75) is 24.3 Å². The molecule has 0 bridgehead atoms. The molecule has 11 heteroatoms. The first-order chi connectivity index (χ1) is 13.6. The summed E-state index contributed by atoms with van der Waals surface area (Å²) in [5, 5.41) is 5.87. The number of aryl methyl sites for hydroxylation is 2. The summed E-state index contributed by atoms with van der Waals surface area (Å²) in [6.07, 6.45) is 1.37. The number of fused-ring (bicyclic) bond motifs is 2. The van der Waals surface area contributed by atoms with Crippen molar-refractivity contribution in [2.75, 3.05) is 25.0 Å². The molecule has 2 aliphatic rings. The molecule has 1 amide bonds. The lowest BCUT2D eigenvalue weighted by Crippen LogP contribution is -2.54. The lowest BCUT2D eigenvalue weighted by atomic mass is 9.91. The lowest BCUT2D eigenvalue weighted by molar-refractivity contribution is 0.101. The van der Waals surface area contributed by atoms with Gasteiger partial charge in [0.1, 0.15) is 10.7 Å². The summed E-state index contributed by atoms with van der Waals surface area (Å²) >= 11 is 0. The first-order valence-electron chi connectivity index (χ1n) is 9.25. The van der Waals surface area contributed by atoms with Gasteiger partial charge in [0.25, 0.3) is 5.91 Å². The Morgan fingerprint density at radius 3 is 2.83 bits per heavy atom.